The maximum atomic E-state index is 12.1. The van der Waals surface area contributed by atoms with Gasteiger partial charge in [-0.25, -0.2) is 4.79 Å². The number of methoxy groups -OCH3 is 1. The molecule has 10 nitrogen and oxygen atoms in total. The summed E-state index contributed by atoms with van der Waals surface area (Å²) in [7, 11) is 5.53. The third kappa shape index (κ3) is 13.5. The number of esters is 1. The van der Waals surface area contributed by atoms with E-state index in [1.54, 1.807) is 72.8 Å². The molecule has 0 aliphatic carbocycles. The van der Waals surface area contributed by atoms with Gasteiger partial charge in [0.1, 0.15) is 47.9 Å². The Morgan fingerprint density at radius 3 is 1.46 bits per heavy atom. The van der Waals surface area contributed by atoms with E-state index in [4.69, 9.17) is 93.5 Å². The number of rotatable bonds is 14. The van der Waals surface area contributed by atoms with Gasteiger partial charge in [0.05, 0.1) is 17.2 Å². The molecule has 4 rings (SSSR count). The number of likely N-dealkylation sites (N-methyl/N-ethyl adjacent to an activating group) is 1. The largest absolute Gasteiger partial charge is 0.487 e. The molecule has 1 amide bonds. The smallest absolute Gasteiger partial charge is 0.360 e. The van der Waals surface area contributed by atoms with Crippen LogP contribution < -0.4 is 14.8 Å². The Hall–Kier alpha value is -4.42. The van der Waals surface area contributed by atoms with Crippen molar-refractivity contribution in [3.8, 4) is 11.5 Å². The fourth-order valence-corrected chi connectivity index (χ4v) is 5.56. The van der Waals surface area contributed by atoms with E-state index in [-0.39, 0.29) is 39.5 Å². The molecule has 0 saturated carbocycles. The number of oxime groups is 2. The molecule has 0 spiro atoms. The van der Waals surface area contributed by atoms with Crippen LogP contribution in [0.3, 0.4) is 0 Å². The second-order valence-electron chi connectivity index (χ2n) is 10.5. The van der Waals surface area contributed by atoms with Gasteiger partial charge in [-0.05, 0) is 58.7 Å². The Labute approximate surface area is 342 Å². The number of carbonyl (C=O) groups is 2. The van der Waals surface area contributed by atoms with E-state index >= 15 is 0 Å². The van der Waals surface area contributed by atoms with Crippen molar-refractivity contribution in [2.75, 3.05) is 28.4 Å². The molecule has 0 bridgehead atoms. The molecule has 4 aromatic carbocycles. The Kier molecular flexibility index (Phi) is 18.5. The van der Waals surface area contributed by atoms with Crippen molar-refractivity contribution >= 4 is 105 Å². The van der Waals surface area contributed by atoms with E-state index in [1.807, 2.05) is 24.3 Å². The van der Waals surface area contributed by atoms with Crippen LogP contribution in [0.25, 0.3) is 12.2 Å². The second kappa shape index (κ2) is 22.7. The summed E-state index contributed by atoms with van der Waals surface area (Å²) in [5.74, 6) is -0.0232. The van der Waals surface area contributed by atoms with E-state index < -0.39 is 5.97 Å². The lowest BCUT2D eigenvalue weighted by atomic mass is 10.0. The summed E-state index contributed by atoms with van der Waals surface area (Å²) in [4.78, 5) is 33.6. The molecule has 4 aromatic rings. The van der Waals surface area contributed by atoms with Crippen LogP contribution >= 0.6 is 69.6 Å². The zero-order valence-corrected chi connectivity index (χ0v) is 33.7. The fourth-order valence-electron chi connectivity index (χ4n) is 4.57. The van der Waals surface area contributed by atoms with Crippen molar-refractivity contribution in [3.05, 3.63) is 137 Å². The molecular formula is C38H33Cl6N3O7. The van der Waals surface area contributed by atoms with Crippen molar-refractivity contribution in [1.29, 1.82) is 0 Å². The van der Waals surface area contributed by atoms with Gasteiger partial charge in [0.25, 0.3) is 5.91 Å². The number of hydrogen-bond acceptors (Lipinski definition) is 9. The van der Waals surface area contributed by atoms with Crippen LogP contribution in [0.15, 0.2) is 104 Å². The summed E-state index contributed by atoms with van der Waals surface area (Å²) < 4.78 is 16.6. The molecule has 0 radical (unpaired) electrons. The highest BCUT2D eigenvalue weighted by Crippen LogP contribution is 2.30. The van der Waals surface area contributed by atoms with E-state index in [0.717, 1.165) is 16.7 Å². The number of benzene rings is 4. The molecule has 0 fully saturated rings. The number of nitrogens with one attached hydrogen (secondary N) is 1. The predicted octanol–water partition coefficient (Wildman–Crippen LogP) is 10.0. The minimum Gasteiger partial charge on any atom is -0.487 e. The highest BCUT2D eigenvalue weighted by atomic mass is 35.5. The van der Waals surface area contributed by atoms with Crippen molar-refractivity contribution in [3.63, 3.8) is 0 Å². The molecule has 0 unspecified atom stereocenters. The van der Waals surface area contributed by atoms with Crippen LogP contribution in [0.4, 0.5) is 0 Å². The lowest BCUT2D eigenvalue weighted by molar-refractivity contribution is -0.132. The van der Waals surface area contributed by atoms with Gasteiger partial charge in [-0.1, -0.05) is 141 Å². The van der Waals surface area contributed by atoms with Crippen LogP contribution in [0.5, 0.6) is 11.5 Å². The van der Waals surface area contributed by atoms with Crippen LogP contribution in [0.2, 0.25) is 10.0 Å². The first-order valence-electron chi connectivity index (χ1n) is 15.5. The average Bonchev–Trinajstić information content (AvgIpc) is 3.15. The molecule has 54 heavy (non-hydrogen) atoms. The molecule has 16 heteroatoms. The normalized spacial score (nSPS) is 10.9. The lowest BCUT2D eigenvalue weighted by Crippen LogP contribution is -2.29. The van der Waals surface area contributed by atoms with Crippen LogP contribution in [-0.2, 0) is 37.2 Å². The number of hydrogen-bond donors (Lipinski definition) is 1. The molecule has 0 atom stereocenters. The van der Waals surface area contributed by atoms with Gasteiger partial charge in [-0.2, -0.15) is 0 Å². The fraction of sp³-hybridized carbons (Fsp3) is 0.158. The summed E-state index contributed by atoms with van der Waals surface area (Å²) in [5.41, 5.74) is 4.29. The van der Waals surface area contributed by atoms with Crippen molar-refractivity contribution in [1.82, 2.24) is 5.32 Å². The summed E-state index contributed by atoms with van der Waals surface area (Å²) >= 11 is 35.1. The highest BCUT2D eigenvalue weighted by Gasteiger charge is 2.20. The van der Waals surface area contributed by atoms with Gasteiger partial charge in [-0.3, -0.25) is 4.79 Å². The average molecular weight is 856 g/mol. The van der Waals surface area contributed by atoms with Crippen LogP contribution in [0.1, 0.15) is 33.4 Å². The molecule has 284 valence electrons. The molecule has 1 N–H and O–H groups in total. The van der Waals surface area contributed by atoms with Gasteiger partial charge in [-0.15, -0.1) is 0 Å². The molecule has 0 aliphatic heterocycles. The molecule has 0 saturated heterocycles. The number of ether oxygens (including phenoxy) is 3. The minimum atomic E-state index is -0.614. The van der Waals surface area contributed by atoms with E-state index in [1.165, 1.54) is 28.4 Å². The standard InChI is InChI=1S/C19H17Cl3N2O3.C19H16Cl3NO4/c1-23-19(25)18(24-26-2)14-6-4-3-5-13(14)11-27-16-8-7-12(9-15(16)20)10-17(21)22;1-25-19(24)18(23-26-2)14-6-4-3-5-13(14)11-27-16-8-7-12(9-15(16)20)10-17(21)22/h3-10H,11H2,1-2H3,(H,23,25);3-10H,11H2,1-2H3/b;23-18+. The number of nitrogens with zero attached hydrogens (tertiary/aromatic N) is 2. The number of halogens is 6. The first kappa shape index (κ1) is 44.0. The quantitative estimate of drug-likeness (QED) is 0.0763. The minimum absolute atomic E-state index is 0.0440. The Balaban J connectivity index is 0.000000290. The third-order valence-electron chi connectivity index (χ3n) is 6.96. The van der Waals surface area contributed by atoms with Crippen LogP contribution in [0, 0.1) is 0 Å². The zero-order valence-electron chi connectivity index (χ0n) is 29.2. The maximum Gasteiger partial charge on any atom is 0.360 e. The molecule has 0 aromatic heterocycles. The molecule has 0 heterocycles. The second-order valence-corrected chi connectivity index (χ2v) is 13.3. The van der Waals surface area contributed by atoms with E-state index in [2.05, 4.69) is 15.6 Å². The Morgan fingerprint density at radius 1 is 0.648 bits per heavy atom. The monoisotopic (exact) mass is 853 g/mol. The Morgan fingerprint density at radius 2 is 1.07 bits per heavy atom. The van der Waals surface area contributed by atoms with Crippen molar-refractivity contribution < 1.29 is 33.5 Å². The van der Waals surface area contributed by atoms with Gasteiger partial charge in [0, 0.05) is 18.2 Å². The Bertz CT molecular complexity index is 1900. The van der Waals surface area contributed by atoms with Crippen molar-refractivity contribution in [2.24, 2.45) is 10.3 Å². The number of carbonyl (C=O) groups excluding carboxylic acids is 2. The zero-order chi connectivity index (χ0) is 39.6. The summed E-state index contributed by atoms with van der Waals surface area (Å²) in [6.45, 7) is 0.335. The van der Waals surface area contributed by atoms with Gasteiger partial charge in [0.2, 0.25) is 0 Å². The maximum absolute atomic E-state index is 12.1. The lowest BCUT2D eigenvalue weighted by Gasteiger charge is -2.13. The topological polar surface area (TPSA) is 117 Å². The van der Waals surface area contributed by atoms with Gasteiger partial charge >= 0.3 is 5.97 Å². The predicted molar refractivity (Wildman–Crippen MR) is 217 cm³/mol. The van der Waals surface area contributed by atoms with E-state index in [9.17, 15) is 9.59 Å². The molecular weight excluding hydrogens is 823 g/mol. The number of amides is 1. The van der Waals surface area contributed by atoms with Gasteiger partial charge < -0.3 is 29.2 Å². The van der Waals surface area contributed by atoms with Gasteiger partial charge in [0.15, 0.2) is 11.4 Å². The first-order chi connectivity index (χ1) is 25.9. The first-order valence-corrected chi connectivity index (χ1v) is 17.8. The summed E-state index contributed by atoms with van der Waals surface area (Å²) in [6.07, 6.45) is 3.14. The summed E-state index contributed by atoms with van der Waals surface area (Å²) in [5, 5.41) is 10.9. The van der Waals surface area contributed by atoms with E-state index in [0.29, 0.717) is 38.2 Å². The van der Waals surface area contributed by atoms with Crippen LogP contribution in [-0.4, -0.2) is 51.7 Å². The third-order valence-corrected chi connectivity index (χ3v) is 7.99. The summed E-state index contributed by atoms with van der Waals surface area (Å²) in [6, 6.07) is 24.7. The SMILES string of the molecule is CNC(=O)C(=NOC)c1ccccc1COc1ccc(C=C(Cl)Cl)cc1Cl.CO/N=C(/C(=O)OC)c1ccccc1COc1ccc(C=C(Cl)Cl)cc1Cl. The van der Waals surface area contributed by atoms with Crippen molar-refractivity contribution in [2.45, 2.75) is 13.2 Å². The highest BCUT2D eigenvalue weighted by molar-refractivity contribution is 6.58. The molecule has 0 aliphatic rings.